The number of rotatable bonds is 4. The summed E-state index contributed by atoms with van der Waals surface area (Å²) in [4.78, 5) is 10.7. The van der Waals surface area contributed by atoms with Gasteiger partial charge in [-0.15, -0.1) is 0 Å². The molecule has 1 unspecified atom stereocenters. The van der Waals surface area contributed by atoms with Gasteiger partial charge in [0.25, 0.3) is 0 Å². The summed E-state index contributed by atoms with van der Waals surface area (Å²) in [6.07, 6.45) is -0.894. The molecular formula is C11H12FNO4. The van der Waals surface area contributed by atoms with Gasteiger partial charge in [0, 0.05) is 0 Å². The third kappa shape index (κ3) is 2.85. The van der Waals surface area contributed by atoms with Crippen molar-refractivity contribution < 1.29 is 23.8 Å². The molecule has 0 aromatic heterocycles. The van der Waals surface area contributed by atoms with Crippen LogP contribution in [0, 0.1) is 5.82 Å². The fraction of sp³-hybridized carbons (Fsp3) is 0.364. The Kier molecular flexibility index (Phi) is 3.43. The smallest absolute Gasteiger partial charge is 0.407 e. The molecule has 1 aliphatic heterocycles. The van der Waals surface area contributed by atoms with Gasteiger partial charge in [-0.05, 0) is 17.7 Å². The van der Waals surface area contributed by atoms with Crippen molar-refractivity contribution in [2.45, 2.75) is 12.7 Å². The maximum atomic E-state index is 13.4. The lowest BCUT2D eigenvalue weighted by molar-refractivity contribution is 0.103. The Hall–Kier alpha value is -1.82. The van der Waals surface area contributed by atoms with E-state index in [0.717, 1.165) is 0 Å². The first-order chi connectivity index (χ1) is 8.19. The maximum Gasteiger partial charge on any atom is 0.407 e. The minimum absolute atomic E-state index is 0.0742. The second-order valence-electron chi connectivity index (χ2n) is 3.64. The summed E-state index contributed by atoms with van der Waals surface area (Å²) >= 11 is 0. The zero-order valence-electron chi connectivity index (χ0n) is 8.98. The van der Waals surface area contributed by atoms with Crippen LogP contribution in [0.15, 0.2) is 18.2 Å². The minimum Gasteiger partial charge on any atom is -0.487 e. The summed E-state index contributed by atoms with van der Waals surface area (Å²) in [5, 5.41) is 11.3. The number of carbonyl (C=O) groups excluding carboxylic acids is 1. The zero-order chi connectivity index (χ0) is 12.3. The van der Waals surface area contributed by atoms with E-state index < -0.39 is 18.0 Å². The summed E-state index contributed by atoms with van der Waals surface area (Å²) in [7, 11) is 0. The summed E-state index contributed by atoms with van der Waals surface area (Å²) in [6.45, 7) is 0.227. The number of cyclic esters (lactones) is 1. The van der Waals surface area contributed by atoms with Crippen molar-refractivity contribution in [1.82, 2.24) is 5.32 Å². The first-order valence-corrected chi connectivity index (χ1v) is 5.15. The second-order valence-corrected chi connectivity index (χ2v) is 3.64. The topological polar surface area (TPSA) is 67.8 Å². The number of benzene rings is 1. The molecule has 1 aromatic rings. The van der Waals surface area contributed by atoms with Crippen molar-refractivity contribution in [3.05, 3.63) is 29.6 Å². The van der Waals surface area contributed by atoms with Crippen molar-refractivity contribution >= 4 is 6.09 Å². The van der Waals surface area contributed by atoms with Gasteiger partial charge in [0.1, 0.15) is 6.61 Å². The monoisotopic (exact) mass is 241 g/mol. The number of carbonyl (C=O) groups is 1. The highest BCUT2D eigenvalue weighted by atomic mass is 19.1. The summed E-state index contributed by atoms with van der Waals surface area (Å²) in [5.74, 6) is -0.473. The Morgan fingerprint density at radius 3 is 3.00 bits per heavy atom. The number of hydrogen-bond acceptors (Lipinski definition) is 4. The Morgan fingerprint density at radius 1 is 1.59 bits per heavy atom. The van der Waals surface area contributed by atoms with Gasteiger partial charge in [-0.1, -0.05) is 6.07 Å². The molecule has 0 spiro atoms. The molecule has 1 heterocycles. The summed E-state index contributed by atoms with van der Waals surface area (Å²) in [5.41, 5.74) is 0.476. The molecule has 5 nitrogen and oxygen atoms in total. The number of aliphatic hydroxyl groups is 1. The number of aliphatic hydroxyl groups excluding tert-OH is 1. The molecule has 1 atom stereocenters. The number of amides is 1. The molecule has 17 heavy (non-hydrogen) atoms. The quantitative estimate of drug-likeness (QED) is 0.818. The predicted octanol–water partition coefficient (Wildman–Crippen LogP) is 0.805. The average molecular weight is 241 g/mol. The molecule has 0 radical (unpaired) electrons. The number of ether oxygens (including phenoxy) is 2. The Labute approximate surface area is 97.1 Å². The molecule has 6 heteroatoms. The third-order valence-electron chi connectivity index (χ3n) is 2.35. The Balaban J connectivity index is 1.92. The molecule has 1 amide bonds. The minimum atomic E-state index is -0.547. The van der Waals surface area contributed by atoms with E-state index in [0.29, 0.717) is 12.1 Å². The van der Waals surface area contributed by atoms with Crippen LogP contribution >= 0.6 is 0 Å². The molecule has 0 aliphatic carbocycles. The lowest BCUT2D eigenvalue weighted by Crippen LogP contribution is -2.22. The summed E-state index contributed by atoms with van der Waals surface area (Å²) in [6, 6.07) is 4.21. The predicted molar refractivity (Wildman–Crippen MR) is 56.1 cm³/mol. The van der Waals surface area contributed by atoms with Crippen molar-refractivity contribution in [2.24, 2.45) is 0 Å². The molecule has 2 rings (SSSR count). The van der Waals surface area contributed by atoms with E-state index in [4.69, 9.17) is 14.6 Å². The van der Waals surface area contributed by atoms with Crippen molar-refractivity contribution in [3.63, 3.8) is 0 Å². The molecule has 1 aromatic carbocycles. The van der Waals surface area contributed by atoms with Gasteiger partial charge >= 0.3 is 6.09 Å². The molecule has 92 valence electrons. The maximum absolute atomic E-state index is 13.4. The molecule has 0 bridgehead atoms. The Bertz CT molecular complexity index is 424. The average Bonchev–Trinajstić information content (AvgIpc) is 2.73. The fourth-order valence-corrected chi connectivity index (χ4v) is 1.47. The number of nitrogens with one attached hydrogen (secondary N) is 1. The molecular weight excluding hydrogens is 229 g/mol. The van der Waals surface area contributed by atoms with Crippen molar-refractivity contribution in [3.8, 4) is 5.75 Å². The van der Waals surface area contributed by atoms with E-state index in [1.54, 1.807) is 6.07 Å². The van der Waals surface area contributed by atoms with Crippen LogP contribution in [0.1, 0.15) is 5.56 Å². The highest BCUT2D eigenvalue weighted by Crippen LogP contribution is 2.19. The molecule has 1 saturated heterocycles. The third-order valence-corrected chi connectivity index (χ3v) is 2.35. The van der Waals surface area contributed by atoms with E-state index in [1.807, 2.05) is 0 Å². The summed E-state index contributed by atoms with van der Waals surface area (Å²) < 4.78 is 23.5. The van der Waals surface area contributed by atoms with Crippen LogP contribution in [-0.4, -0.2) is 30.5 Å². The molecule has 0 saturated carbocycles. The van der Waals surface area contributed by atoms with Gasteiger partial charge in [-0.2, -0.15) is 0 Å². The largest absolute Gasteiger partial charge is 0.487 e. The van der Waals surface area contributed by atoms with Crippen LogP contribution in [0.3, 0.4) is 0 Å². The Morgan fingerprint density at radius 2 is 2.41 bits per heavy atom. The molecule has 1 aliphatic rings. The number of halogens is 1. The second kappa shape index (κ2) is 5.01. The zero-order valence-corrected chi connectivity index (χ0v) is 8.98. The first kappa shape index (κ1) is 11.7. The molecule has 1 fully saturated rings. The number of alkyl carbamates (subject to hydrolysis) is 1. The van der Waals surface area contributed by atoms with Crippen molar-refractivity contribution in [2.75, 3.05) is 13.2 Å². The van der Waals surface area contributed by atoms with Crippen LogP contribution in [-0.2, 0) is 11.3 Å². The van der Waals surface area contributed by atoms with Crippen LogP contribution in [0.4, 0.5) is 9.18 Å². The van der Waals surface area contributed by atoms with Gasteiger partial charge < -0.3 is 19.9 Å². The van der Waals surface area contributed by atoms with Gasteiger partial charge in [-0.25, -0.2) is 9.18 Å². The lowest BCUT2D eigenvalue weighted by Gasteiger charge is -2.11. The molecule has 2 N–H and O–H groups in total. The van der Waals surface area contributed by atoms with Crippen LogP contribution in [0.5, 0.6) is 5.75 Å². The van der Waals surface area contributed by atoms with E-state index in [1.165, 1.54) is 12.1 Å². The van der Waals surface area contributed by atoms with E-state index in [9.17, 15) is 9.18 Å². The SMILES string of the molecule is O=C1NCC(COc2ccc(CO)cc2F)O1. The number of hydrogen-bond donors (Lipinski definition) is 2. The van der Waals surface area contributed by atoms with Crippen LogP contribution in [0.2, 0.25) is 0 Å². The van der Waals surface area contributed by atoms with Crippen LogP contribution in [0.25, 0.3) is 0 Å². The van der Waals surface area contributed by atoms with Gasteiger partial charge in [0.05, 0.1) is 13.2 Å². The van der Waals surface area contributed by atoms with E-state index in [2.05, 4.69) is 5.32 Å². The lowest BCUT2D eigenvalue weighted by atomic mass is 10.2. The standard InChI is InChI=1S/C11H12FNO4/c12-9-3-7(5-14)1-2-10(9)16-6-8-4-13-11(15)17-8/h1-3,8,14H,4-6H2,(H,13,15). The fourth-order valence-electron chi connectivity index (χ4n) is 1.47. The highest BCUT2D eigenvalue weighted by Gasteiger charge is 2.23. The van der Waals surface area contributed by atoms with Gasteiger partial charge in [0.15, 0.2) is 17.7 Å². The highest BCUT2D eigenvalue weighted by molar-refractivity contribution is 5.69. The van der Waals surface area contributed by atoms with Gasteiger partial charge in [-0.3, -0.25) is 0 Å². The first-order valence-electron chi connectivity index (χ1n) is 5.15. The van der Waals surface area contributed by atoms with E-state index in [-0.39, 0.29) is 19.0 Å². The van der Waals surface area contributed by atoms with Crippen LogP contribution < -0.4 is 10.1 Å². The van der Waals surface area contributed by atoms with Gasteiger partial charge in [0.2, 0.25) is 0 Å². The van der Waals surface area contributed by atoms with Crippen molar-refractivity contribution in [1.29, 1.82) is 0 Å². The van der Waals surface area contributed by atoms with E-state index >= 15 is 0 Å². The normalized spacial score (nSPS) is 18.7.